The van der Waals surface area contributed by atoms with Crippen molar-refractivity contribution in [2.24, 2.45) is 0 Å². The third-order valence-corrected chi connectivity index (χ3v) is 3.66. The van der Waals surface area contributed by atoms with Gasteiger partial charge in [-0.25, -0.2) is 9.97 Å². The van der Waals surface area contributed by atoms with E-state index in [-0.39, 0.29) is 27.7 Å². The van der Waals surface area contributed by atoms with E-state index < -0.39 is 23.3 Å². The molecule has 1 heterocycles. The van der Waals surface area contributed by atoms with Crippen LogP contribution in [0.3, 0.4) is 0 Å². The van der Waals surface area contributed by atoms with Crippen LogP contribution in [-0.2, 0) is 6.18 Å². The van der Waals surface area contributed by atoms with E-state index in [2.05, 4.69) is 15.3 Å². The molecule has 0 aliphatic heterocycles. The second-order valence-electron chi connectivity index (χ2n) is 4.83. The fourth-order valence-electron chi connectivity index (χ4n) is 2.13. The number of rotatable bonds is 2. The Morgan fingerprint density at radius 2 is 1.71 bits per heavy atom. The molecule has 1 aliphatic rings. The zero-order valence-electron chi connectivity index (χ0n) is 11.7. The Morgan fingerprint density at radius 1 is 1.04 bits per heavy atom. The van der Waals surface area contributed by atoms with E-state index >= 15 is 0 Å². The summed E-state index contributed by atoms with van der Waals surface area (Å²) in [4.78, 5) is 31.9. The minimum Gasteiger partial charge on any atom is -0.351 e. The van der Waals surface area contributed by atoms with Gasteiger partial charge in [0.2, 0.25) is 11.6 Å². The third kappa shape index (κ3) is 2.76. The molecule has 1 aliphatic carbocycles. The minimum atomic E-state index is -4.47. The van der Waals surface area contributed by atoms with Crippen LogP contribution >= 0.6 is 11.6 Å². The van der Waals surface area contributed by atoms with Crippen LogP contribution in [0.1, 0.15) is 26.4 Å². The van der Waals surface area contributed by atoms with Gasteiger partial charge in [0.1, 0.15) is 22.8 Å². The molecule has 9 heteroatoms. The van der Waals surface area contributed by atoms with E-state index in [1.165, 1.54) is 6.20 Å². The van der Waals surface area contributed by atoms with Crippen LogP contribution in [0.2, 0.25) is 0 Å². The maximum Gasteiger partial charge on any atom is 0.416 e. The molecule has 0 saturated heterocycles. The lowest BCUT2D eigenvalue weighted by molar-refractivity contribution is -0.137. The highest BCUT2D eigenvalue weighted by molar-refractivity contribution is 6.50. The Hall–Kier alpha value is -2.74. The monoisotopic (exact) mass is 353 g/mol. The molecule has 1 aromatic heterocycles. The molecule has 122 valence electrons. The number of carbonyl (C=O) groups is 2. The van der Waals surface area contributed by atoms with Crippen LogP contribution < -0.4 is 5.32 Å². The average Bonchev–Trinajstić information content (AvgIpc) is 2.56. The molecule has 0 unspecified atom stereocenters. The van der Waals surface area contributed by atoms with Crippen molar-refractivity contribution in [1.82, 2.24) is 9.97 Å². The number of hydrogen-bond acceptors (Lipinski definition) is 5. The van der Waals surface area contributed by atoms with E-state index in [1.54, 1.807) is 0 Å². The molecule has 1 N–H and O–H groups in total. The Balaban J connectivity index is 1.94. The van der Waals surface area contributed by atoms with Crippen LogP contribution in [0.15, 0.2) is 47.5 Å². The Bertz CT molecular complexity index is 876. The predicted molar refractivity (Wildman–Crippen MR) is 78.6 cm³/mol. The zero-order valence-corrected chi connectivity index (χ0v) is 12.4. The van der Waals surface area contributed by atoms with Crippen LogP contribution in [0, 0.1) is 0 Å². The van der Waals surface area contributed by atoms with Gasteiger partial charge < -0.3 is 5.32 Å². The lowest BCUT2D eigenvalue weighted by Crippen LogP contribution is -2.25. The van der Waals surface area contributed by atoms with Crippen LogP contribution in [0.25, 0.3) is 0 Å². The van der Waals surface area contributed by atoms with Gasteiger partial charge in [0.25, 0.3) is 0 Å². The summed E-state index contributed by atoms with van der Waals surface area (Å²) in [5.41, 5.74) is -1.03. The molecule has 0 atom stereocenters. The number of carbonyl (C=O) groups excluding carboxylic acids is 2. The molecule has 2 aromatic rings. The van der Waals surface area contributed by atoms with Gasteiger partial charge in [0.05, 0.1) is 11.1 Å². The van der Waals surface area contributed by atoms with Crippen molar-refractivity contribution in [2.75, 3.05) is 5.32 Å². The Kier molecular flexibility index (Phi) is 3.84. The molecular formula is C15H7ClF3N3O2. The maximum absolute atomic E-state index is 12.6. The standard InChI is InChI=1S/C15H7ClF3N3O2/c16-10-12(13(23)9-5-20-6-21-11(9)14(10)24)22-8-3-1-7(2-4-8)15(17,18)19/h1-6,22H. The van der Waals surface area contributed by atoms with Crippen molar-refractivity contribution in [3.8, 4) is 0 Å². The summed E-state index contributed by atoms with van der Waals surface area (Å²) in [5, 5.41) is 2.20. The van der Waals surface area contributed by atoms with Crippen LogP contribution in [-0.4, -0.2) is 21.5 Å². The quantitative estimate of drug-likeness (QED) is 0.895. The number of benzene rings is 1. The topological polar surface area (TPSA) is 72.0 Å². The first-order chi connectivity index (χ1) is 11.3. The number of alkyl halides is 3. The molecule has 0 saturated carbocycles. The van der Waals surface area contributed by atoms with Crippen molar-refractivity contribution in [3.05, 3.63) is 64.3 Å². The van der Waals surface area contributed by atoms with E-state index in [0.29, 0.717) is 0 Å². The number of fused-ring (bicyclic) bond motifs is 1. The number of anilines is 1. The Labute approximate surface area is 138 Å². The van der Waals surface area contributed by atoms with Crippen molar-refractivity contribution in [3.63, 3.8) is 0 Å². The molecule has 3 rings (SSSR count). The molecule has 5 nitrogen and oxygen atoms in total. The highest BCUT2D eigenvalue weighted by Crippen LogP contribution is 2.31. The first-order valence-electron chi connectivity index (χ1n) is 6.52. The molecule has 0 spiro atoms. The van der Waals surface area contributed by atoms with Crippen molar-refractivity contribution in [2.45, 2.75) is 6.18 Å². The molecule has 0 fully saturated rings. The highest BCUT2D eigenvalue weighted by Gasteiger charge is 2.33. The number of hydrogen-bond donors (Lipinski definition) is 1. The zero-order chi connectivity index (χ0) is 17.5. The lowest BCUT2D eigenvalue weighted by Gasteiger charge is -2.18. The average molecular weight is 354 g/mol. The van der Waals surface area contributed by atoms with Crippen molar-refractivity contribution < 1.29 is 22.8 Å². The minimum absolute atomic E-state index is 0.0266. The number of halogens is 4. The van der Waals surface area contributed by atoms with Gasteiger partial charge in [-0.15, -0.1) is 0 Å². The van der Waals surface area contributed by atoms with Crippen molar-refractivity contribution >= 4 is 28.9 Å². The van der Waals surface area contributed by atoms with E-state index in [1.807, 2.05) is 0 Å². The fourth-order valence-corrected chi connectivity index (χ4v) is 2.35. The predicted octanol–water partition coefficient (Wildman–Crippen LogP) is 3.44. The number of nitrogens with one attached hydrogen (secondary N) is 1. The van der Waals surface area contributed by atoms with Gasteiger partial charge in [-0.1, -0.05) is 11.6 Å². The van der Waals surface area contributed by atoms with Gasteiger partial charge in [-0.3, -0.25) is 9.59 Å². The summed E-state index contributed by atoms with van der Waals surface area (Å²) in [6.45, 7) is 0. The fraction of sp³-hybridized carbons (Fsp3) is 0.0667. The smallest absolute Gasteiger partial charge is 0.351 e. The lowest BCUT2D eigenvalue weighted by atomic mass is 9.98. The molecular weight excluding hydrogens is 347 g/mol. The molecule has 1 aromatic carbocycles. The SMILES string of the molecule is O=C1C(Nc2ccc(C(F)(F)F)cc2)=C(Cl)C(=O)c2ncncc21. The summed E-state index contributed by atoms with van der Waals surface area (Å²) in [6.07, 6.45) is -2.18. The molecule has 24 heavy (non-hydrogen) atoms. The van der Waals surface area contributed by atoms with E-state index in [9.17, 15) is 22.8 Å². The summed E-state index contributed by atoms with van der Waals surface area (Å²) in [6, 6.07) is 3.97. The molecule has 0 amide bonds. The highest BCUT2D eigenvalue weighted by atomic mass is 35.5. The first-order valence-corrected chi connectivity index (χ1v) is 6.90. The second kappa shape index (κ2) is 5.72. The Morgan fingerprint density at radius 3 is 2.33 bits per heavy atom. The summed E-state index contributed by atoms with van der Waals surface area (Å²) in [5.74, 6) is -1.28. The number of ketones is 2. The molecule has 0 bridgehead atoms. The number of allylic oxidation sites excluding steroid dienone is 2. The van der Waals surface area contributed by atoms with E-state index in [4.69, 9.17) is 11.6 Å². The van der Waals surface area contributed by atoms with Gasteiger partial charge in [0.15, 0.2) is 0 Å². The van der Waals surface area contributed by atoms with Gasteiger partial charge in [-0.05, 0) is 24.3 Å². The summed E-state index contributed by atoms with van der Waals surface area (Å²) in [7, 11) is 0. The largest absolute Gasteiger partial charge is 0.416 e. The number of aromatic nitrogens is 2. The van der Waals surface area contributed by atoms with E-state index in [0.717, 1.165) is 30.6 Å². The normalized spacial score (nSPS) is 14.7. The van der Waals surface area contributed by atoms with Gasteiger partial charge in [0, 0.05) is 11.9 Å². The maximum atomic E-state index is 12.6. The van der Waals surface area contributed by atoms with Crippen LogP contribution in [0.5, 0.6) is 0 Å². The first kappa shape index (κ1) is 16.1. The number of nitrogens with zero attached hydrogens (tertiary/aromatic N) is 2. The number of Topliss-reactive ketones (excluding diaryl/α,β-unsaturated/α-hetero) is 2. The third-order valence-electron chi connectivity index (χ3n) is 3.30. The van der Waals surface area contributed by atoms with Gasteiger partial charge in [-0.2, -0.15) is 13.2 Å². The second-order valence-corrected chi connectivity index (χ2v) is 5.21. The summed E-state index contributed by atoms with van der Waals surface area (Å²) >= 11 is 5.92. The van der Waals surface area contributed by atoms with Crippen LogP contribution in [0.4, 0.5) is 18.9 Å². The van der Waals surface area contributed by atoms with Crippen molar-refractivity contribution in [1.29, 1.82) is 0 Å². The summed E-state index contributed by atoms with van der Waals surface area (Å²) < 4.78 is 37.7. The molecule has 0 radical (unpaired) electrons. The van der Waals surface area contributed by atoms with Gasteiger partial charge >= 0.3 is 6.18 Å².